The second-order valence-corrected chi connectivity index (χ2v) is 5.10. The van der Waals surface area contributed by atoms with E-state index in [2.05, 4.69) is 20.8 Å². The van der Waals surface area contributed by atoms with Crippen LogP contribution in [0.1, 0.15) is 64.5 Å². The fourth-order valence-corrected chi connectivity index (χ4v) is 2.12. The summed E-state index contributed by atoms with van der Waals surface area (Å²) in [6, 6.07) is 7.95. The van der Waals surface area contributed by atoms with Crippen molar-refractivity contribution in [2.75, 3.05) is 5.73 Å². The second kappa shape index (κ2) is 8.15. The minimum Gasteiger partial charge on any atom is -0.399 e. The second-order valence-electron chi connectivity index (χ2n) is 5.10. The van der Waals surface area contributed by atoms with Gasteiger partial charge in [0.25, 0.3) is 0 Å². The summed E-state index contributed by atoms with van der Waals surface area (Å²) in [5.41, 5.74) is 7.68. The minimum atomic E-state index is 0.145. The molecule has 0 fully saturated rings. The average Bonchev–Trinajstić information content (AvgIpc) is 2.35. The monoisotopic (exact) mass is 249 g/mol. The van der Waals surface area contributed by atoms with Gasteiger partial charge in [0, 0.05) is 5.69 Å². The Morgan fingerprint density at radius 1 is 1.06 bits per heavy atom. The van der Waals surface area contributed by atoms with Crippen molar-refractivity contribution < 1.29 is 4.74 Å². The third-order valence-corrected chi connectivity index (χ3v) is 3.31. The SMILES string of the molecule is CCCCCCC(C)OC(C)c1ccc(N)cc1. The summed E-state index contributed by atoms with van der Waals surface area (Å²) in [6.45, 7) is 6.51. The molecule has 2 N–H and O–H groups in total. The Bertz CT molecular complexity index is 320. The van der Waals surface area contributed by atoms with E-state index in [9.17, 15) is 0 Å². The van der Waals surface area contributed by atoms with Gasteiger partial charge in [-0.1, -0.05) is 44.7 Å². The van der Waals surface area contributed by atoms with Gasteiger partial charge < -0.3 is 10.5 Å². The van der Waals surface area contributed by atoms with Gasteiger partial charge in [-0.25, -0.2) is 0 Å². The molecule has 2 unspecified atom stereocenters. The molecule has 0 aliphatic rings. The molecule has 1 aromatic carbocycles. The molecule has 2 atom stereocenters. The normalized spacial score (nSPS) is 14.4. The highest BCUT2D eigenvalue weighted by Gasteiger charge is 2.10. The number of rotatable bonds is 8. The van der Waals surface area contributed by atoms with E-state index in [0.29, 0.717) is 6.10 Å². The van der Waals surface area contributed by atoms with Gasteiger partial charge in [-0.3, -0.25) is 0 Å². The van der Waals surface area contributed by atoms with E-state index in [1.807, 2.05) is 24.3 Å². The molecule has 0 aliphatic heterocycles. The van der Waals surface area contributed by atoms with Crippen LogP contribution < -0.4 is 5.73 Å². The van der Waals surface area contributed by atoms with Gasteiger partial charge in [-0.05, 0) is 38.0 Å². The molecule has 18 heavy (non-hydrogen) atoms. The largest absolute Gasteiger partial charge is 0.399 e. The van der Waals surface area contributed by atoms with Crippen molar-refractivity contribution >= 4 is 5.69 Å². The van der Waals surface area contributed by atoms with Gasteiger partial charge in [-0.2, -0.15) is 0 Å². The van der Waals surface area contributed by atoms with Crippen molar-refractivity contribution in [2.45, 2.75) is 65.1 Å². The predicted octanol–water partition coefficient (Wildman–Crippen LogP) is 4.71. The fraction of sp³-hybridized carbons (Fsp3) is 0.625. The van der Waals surface area contributed by atoms with Crippen molar-refractivity contribution in [3.8, 4) is 0 Å². The Balaban J connectivity index is 2.30. The summed E-state index contributed by atoms with van der Waals surface area (Å²) < 4.78 is 6.02. The molecule has 0 heterocycles. The third kappa shape index (κ3) is 5.54. The van der Waals surface area contributed by atoms with Crippen LogP contribution >= 0.6 is 0 Å². The zero-order chi connectivity index (χ0) is 13.4. The van der Waals surface area contributed by atoms with Crippen LogP contribution in [0.2, 0.25) is 0 Å². The molecule has 2 nitrogen and oxygen atoms in total. The van der Waals surface area contributed by atoms with Crippen LogP contribution in [0.25, 0.3) is 0 Å². The molecule has 0 aliphatic carbocycles. The average molecular weight is 249 g/mol. The first-order chi connectivity index (χ1) is 8.63. The zero-order valence-corrected chi connectivity index (χ0v) is 12.0. The Morgan fingerprint density at radius 2 is 1.72 bits per heavy atom. The molecule has 0 amide bonds. The molecule has 0 saturated heterocycles. The lowest BCUT2D eigenvalue weighted by Gasteiger charge is -2.19. The zero-order valence-electron chi connectivity index (χ0n) is 12.0. The fourth-order valence-electron chi connectivity index (χ4n) is 2.12. The summed E-state index contributed by atoms with van der Waals surface area (Å²) in [5.74, 6) is 0. The maximum Gasteiger partial charge on any atom is 0.0800 e. The van der Waals surface area contributed by atoms with Crippen molar-refractivity contribution in [2.24, 2.45) is 0 Å². The standard InChI is InChI=1S/C16H27NO/c1-4-5-6-7-8-13(2)18-14(3)15-9-11-16(17)12-10-15/h9-14H,4-8,17H2,1-3H3. The lowest BCUT2D eigenvalue weighted by molar-refractivity contribution is 0.00164. The molecule has 0 radical (unpaired) electrons. The smallest absolute Gasteiger partial charge is 0.0800 e. The van der Waals surface area contributed by atoms with E-state index in [-0.39, 0.29) is 6.10 Å². The Labute approximate surface area is 112 Å². The molecule has 102 valence electrons. The third-order valence-electron chi connectivity index (χ3n) is 3.31. The van der Waals surface area contributed by atoms with Crippen LogP contribution in [0.4, 0.5) is 5.69 Å². The first kappa shape index (κ1) is 15.0. The molecule has 0 bridgehead atoms. The Hall–Kier alpha value is -1.02. The molecular weight excluding hydrogens is 222 g/mol. The molecule has 0 saturated carbocycles. The highest BCUT2D eigenvalue weighted by atomic mass is 16.5. The number of unbranched alkanes of at least 4 members (excludes halogenated alkanes) is 3. The number of nitrogen functional groups attached to an aromatic ring is 1. The van der Waals surface area contributed by atoms with E-state index in [0.717, 1.165) is 12.1 Å². The van der Waals surface area contributed by atoms with Gasteiger partial charge in [0.2, 0.25) is 0 Å². The quantitative estimate of drug-likeness (QED) is 0.535. The topological polar surface area (TPSA) is 35.2 Å². The summed E-state index contributed by atoms with van der Waals surface area (Å²) in [5, 5.41) is 0. The number of benzene rings is 1. The molecule has 1 rings (SSSR count). The van der Waals surface area contributed by atoms with Gasteiger partial charge in [-0.15, -0.1) is 0 Å². The molecule has 1 aromatic rings. The summed E-state index contributed by atoms with van der Waals surface area (Å²) in [4.78, 5) is 0. The van der Waals surface area contributed by atoms with Crippen LogP contribution in [-0.2, 0) is 4.74 Å². The van der Waals surface area contributed by atoms with Gasteiger partial charge >= 0.3 is 0 Å². The highest BCUT2D eigenvalue weighted by molar-refractivity contribution is 5.39. The maximum absolute atomic E-state index is 6.02. The molecule has 2 heteroatoms. The first-order valence-corrected chi connectivity index (χ1v) is 7.14. The van der Waals surface area contributed by atoms with Crippen LogP contribution in [0.5, 0.6) is 0 Å². The van der Waals surface area contributed by atoms with Gasteiger partial charge in [0.1, 0.15) is 0 Å². The lowest BCUT2D eigenvalue weighted by atomic mass is 10.1. The summed E-state index contributed by atoms with van der Waals surface area (Å²) >= 11 is 0. The minimum absolute atomic E-state index is 0.145. The van der Waals surface area contributed by atoms with Crippen molar-refractivity contribution in [3.63, 3.8) is 0 Å². The summed E-state index contributed by atoms with van der Waals surface area (Å²) in [7, 11) is 0. The summed E-state index contributed by atoms with van der Waals surface area (Å²) in [6.07, 6.45) is 6.83. The van der Waals surface area contributed by atoms with Crippen LogP contribution in [0.3, 0.4) is 0 Å². The molecular formula is C16H27NO. The molecule has 0 aromatic heterocycles. The number of hydrogen-bond acceptors (Lipinski definition) is 2. The number of ether oxygens (including phenoxy) is 1. The predicted molar refractivity (Wildman–Crippen MR) is 78.6 cm³/mol. The Morgan fingerprint density at radius 3 is 2.33 bits per heavy atom. The van der Waals surface area contributed by atoms with E-state index in [1.54, 1.807) is 0 Å². The van der Waals surface area contributed by atoms with Crippen LogP contribution in [0.15, 0.2) is 24.3 Å². The lowest BCUT2D eigenvalue weighted by Crippen LogP contribution is -2.11. The number of anilines is 1. The first-order valence-electron chi connectivity index (χ1n) is 7.14. The van der Waals surface area contributed by atoms with Crippen molar-refractivity contribution in [3.05, 3.63) is 29.8 Å². The highest BCUT2D eigenvalue weighted by Crippen LogP contribution is 2.21. The van der Waals surface area contributed by atoms with E-state index >= 15 is 0 Å². The van der Waals surface area contributed by atoms with E-state index < -0.39 is 0 Å². The maximum atomic E-state index is 6.02. The molecule has 0 spiro atoms. The van der Waals surface area contributed by atoms with E-state index in [1.165, 1.54) is 31.2 Å². The van der Waals surface area contributed by atoms with Crippen molar-refractivity contribution in [1.29, 1.82) is 0 Å². The van der Waals surface area contributed by atoms with Gasteiger partial charge in [0.15, 0.2) is 0 Å². The van der Waals surface area contributed by atoms with Crippen molar-refractivity contribution in [1.82, 2.24) is 0 Å². The number of nitrogens with two attached hydrogens (primary N) is 1. The van der Waals surface area contributed by atoms with Crippen LogP contribution in [-0.4, -0.2) is 6.10 Å². The number of hydrogen-bond donors (Lipinski definition) is 1. The van der Waals surface area contributed by atoms with Crippen LogP contribution in [0, 0.1) is 0 Å². The Kier molecular flexibility index (Phi) is 6.81. The van der Waals surface area contributed by atoms with Gasteiger partial charge in [0.05, 0.1) is 12.2 Å². The van der Waals surface area contributed by atoms with E-state index in [4.69, 9.17) is 10.5 Å².